The fourth-order valence-electron chi connectivity index (χ4n) is 3.22. The van der Waals surface area contributed by atoms with E-state index in [-0.39, 0.29) is 11.9 Å². The quantitative estimate of drug-likeness (QED) is 0.767. The van der Waals surface area contributed by atoms with Crippen molar-refractivity contribution in [2.75, 3.05) is 6.54 Å². The summed E-state index contributed by atoms with van der Waals surface area (Å²) in [6, 6.07) is 12.5. The fraction of sp³-hybridized carbons (Fsp3) is 0.300. The molecule has 6 heteroatoms. The Bertz CT molecular complexity index is 891. The highest BCUT2D eigenvalue weighted by Gasteiger charge is 2.22. The maximum atomic E-state index is 13.2. The van der Waals surface area contributed by atoms with Crippen LogP contribution in [0.5, 0.6) is 0 Å². The lowest BCUT2D eigenvalue weighted by molar-refractivity contribution is 0.00322. The molecule has 26 heavy (non-hydrogen) atoms. The van der Waals surface area contributed by atoms with E-state index in [2.05, 4.69) is 19.9 Å². The standard InChI is InChI=1S/C20H21FN4O/c1-14-3-2-4-17(24-14)9-22-10-18-12-25-19(11-23-20(25)13-26-18)15-5-7-16(21)8-6-15/h2-8,11,18,22H,9-10,12-13H2,1H3. The van der Waals surface area contributed by atoms with Gasteiger partial charge in [0.2, 0.25) is 0 Å². The Morgan fingerprint density at radius 2 is 2.08 bits per heavy atom. The van der Waals surface area contributed by atoms with Crippen LogP contribution in [-0.4, -0.2) is 27.2 Å². The Hall–Kier alpha value is -2.57. The number of aryl methyl sites for hydroxylation is 1. The summed E-state index contributed by atoms with van der Waals surface area (Å²) in [5.74, 6) is 0.670. The van der Waals surface area contributed by atoms with Gasteiger partial charge >= 0.3 is 0 Å². The number of aromatic nitrogens is 3. The molecule has 134 valence electrons. The van der Waals surface area contributed by atoms with Gasteiger partial charge in [0.25, 0.3) is 0 Å². The van der Waals surface area contributed by atoms with E-state index in [1.807, 2.05) is 31.3 Å². The molecule has 0 saturated heterocycles. The molecular formula is C20H21FN4O. The third kappa shape index (κ3) is 3.66. The number of hydrogen-bond donors (Lipinski definition) is 1. The molecule has 2 aromatic heterocycles. The molecule has 4 rings (SSSR count). The number of nitrogens with zero attached hydrogens (tertiary/aromatic N) is 3. The summed E-state index contributed by atoms with van der Waals surface area (Å²) >= 11 is 0. The van der Waals surface area contributed by atoms with Crippen molar-refractivity contribution in [2.45, 2.75) is 32.7 Å². The van der Waals surface area contributed by atoms with Crippen molar-refractivity contribution < 1.29 is 9.13 Å². The van der Waals surface area contributed by atoms with Crippen LogP contribution >= 0.6 is 0 Å². The molecule has 0 radical (unpaired) electrons. The van der Waals surface area contributed by atoms with E-state index in [1.54, 1.807) is 12.1 Å². The van der Waals surface area contributed by atoms with E-state index in [0.29, 0.717) is 13.2 Å². The van der Waals surface area contributed by atoms with Crippen LogP contribution in [0.4, 0.5) is 4.39 Å². The highest BCUT2D eigenvalue weighted by molar-refractivity contribution is 5.59. The number of rotatable bonds is 5. The molecule has 1 unspecified atom stereocenters. The van der Waals surface area contributed by atoms with Crippen LogP contribution in [-0.2, 0) is 24.4 Å². The van der Waals surface area contributed by atoms with E-state index < -0.39 is 0 Å². The van der Waals surface area contributed by atoms with Gasteiger partial charge in [-0.05, 0) is 48.9 Å². The smallest absolute Gasteiger partial charge is 0.135 e. The zero-order chi connectivity index (χ0) is 17.9. The second kappa shape index (κ2) is 7.35. The third-order valence-corrected chi connectivity index (χ3v) is 4.54. The minimum atomic E-state index is -0.234. The summed E-state index contributed by atoms with van der Waals surface area (Å²) in [6.45, 7) is 4.64. The summed E-state index contributed by atoms with van der Waals surface area (Å²) < 4.78 is 21.2. The summed E-state index contributed by atoms with van der Waals surface area (Å²) in [7, 11) is 0. The van der Waals surface area contributed by atoms with Crippen molar-refractivity contribution in [3.05, 3.63) is 71.7 Å². The Balaban J connectivity index is 1.41. The minimum Gasteiger partial charge on any atom is -0.367 e. The Labute approximate surface area is 151 Å². The molecule has 1 aliphatic heterocycles. The molecule has 0 fully saturated rings. The summed E-state index contributed by atoms with van der Waals surface area (Å²) in [6.07, 6.45) is 1.89. The lowest BCUT2D eigenvalue weighted by Gasteiger charge is -2.26. The van der Waals surface area contributed by atoms with Crippen molar-refractivity contribution in [2.24, 2.45) is 0 Å². The average Bonchev–Trinajstić information content (AvgIpc) is 3.06. The Morgan fingerprint density at radius 3 is 2.88 bits per heavy atom. The topological polar surface area (TPSA) is 52.0 Å². The van der Waals surface area contributed by atoms with Crippen LogP contribution in [0.3, 0.4) is 0 Å². The molecule has 1 aliphatic rings. The van der Waals surface area contributed by atoms with E-state index in [4.69, 9.17) is 4.74 Å². The molecule has 0 saturated carbocycles. The second-order valence-electron chi connectivity index (χ2n) is 6.51. The second-order valence-corrected chi connectivity index (χ2v) is 6.51. The van der Waals surface area contributed by atoms with Gasteiger partial charge in [0.1, 0.15) is 18.2 Å². The highest BCUT2D eigenvalue weighted by atomic mass is 19.1. The number of pyridine rings is 1. The number of halogens is 1. The van der Waals surface area contributed by atoms with Crippen LogP contribution in [0.1, 0.15) is 17.2 Å². The lowest BCUT2D eigenvalue weighted by Crippen LogP contribution is -2.36. The van der Waals surface area contributed by atoms with Crippen molar-refractivity contribution in [1.29, 1.82) is 0 Å². The van der Waals surface area contributed by atoms with Gasteiger partial charge in [0.15, 0.2) is 0 Å². The maximum Gasteiger partial charge on any atom is 0.135 e. The largest absolute Gasteiger partial charge is 0.367 e. The first-order valence-electron chi connectivity index (χ1n) is 8.74. The third-order valence-electron chi connectivity index (χ3n) is 4.54. The normalized spacial score (nSPS) is 16.5. The predicted octanol–water partition coefficient (Wildman–Crippen LogP) is 3.08. The van der Waals surface area contributed by atoms with Gasteiger partial charge in [0.05, 0.1) is 30.2 Å². The average molecular weight is 352 g/mol. The molecule has 3 heterocycles. The molecule has 3 aromatic rings. The lowest BCUT2D eigenvalue weighted by atomic mass is 10.1. The predicted molar refractivity (Wildman–Crippen MR) is 96.9 cm³/mol. The maximum absolute atomic E-state index is 13.2. The summed E-state index contributed by atoms with van der Waals surface area (Å²) in [5.41, 5.74) is 4.00. The summed E-state index contributed by atoms with van der Waals surface area (Å²) in [5, 5.41) is 3.42. The van der Waals surface area contributed by atoms with Crippen LogP contribution in [0, 0.1) is 12.7 Å². The summed E-state index contributed by atoms with van der Waals surface area (Å²) in [4.78, 5) is 8.94. The van der Waals surface area contributed by atoms with Crippen LogP contribution in [0.15, 0.2) is 48.7 Å². The molecule has 1 atom stereocenters. The highest BCUT2D eigenvalue weighted by Crippen LogP contribution is 2.25. The Kier molecular flexibility index (Phi) is 4.77. The van der Waals surface area contributed by atoms with Gasteiger partial charge in [-0.25, -0.2) is 9.37 Å². The fourth-order valence-corrected chi connectivity index (χ4v) is 3.22. The zero-order valence-corrected chi connectivity index (χ0v) is 14.7. The molecular weight excluding hydrogens is 331 g/mol. The SMILES string of the molecule is Cc1cccc(CNCC2Cn3c(-c4ccc(F)cc4)cnc3CO2)n1. The van der Waals surface area contributed by atoms with Gasteiger partial charge in [-0.1, -0.05) is 6.07 Å². The van der Waals surface area contributed by atoms with Crippen molar-refractivity contribution in [1.82, 2.24) is 19.9 Å². The van der Waals surface area contributed by atoms with Gasteiger partial charge in [-0.3, -0.25) is 4.98 Å². The van der Waals surface area contributed by atoms with E-state index in [1.165, 1.54) is 12.1 Å². The number of ether oxygens (including phenoxy) is 1. The number of fused-ring (bicyclic) bond motifs is 1. The first-order valence-corrected chi connectivity index (χ1v) is 8.74. The first kappa shape index (κ1) is 16.9. The number of imidazole rings is 1. The molecule has 0 bridgehead atoms. The van der Waals surface area contributed by atoms with E-state index >= 15 is 0 Å². The minimum absolute atomic E-state index is 0.0562. The molecule has 1 N–H and O–H groups in total. The molecule has 0 aliphatic carbocycles. The van der Waals surface area contributed by atoms with Crippen molar-refractivity contribution in [3.63, 3.8) is 0 Å². The molecule has 5 nitrogen and oxygen atoms in total. The van der Waals surface area contributed by atoms with E-state index in [0.717, 1.165) is 41.6 Å². The Morgan fingerprint density at radius 1 is 1.23 bits per heavy atom. The van der Waals surface area contributed by atoms with Gasteiger partial charge in [-0.15, -0.1) is 0 Å². The van der Waals surface area contributed by atoms with Gasteiger partial charge in [-0.2, -0.15) is 0 Å². The van der Waals surface area contributed by atoms with Crippen molar-refractivity contribution in [3.8, 4) is 11.3 Å². The van der Waals surface area contributed by atoms with E-state index in [9.17, 15) is 4.39 Å². The number of nitrogens with one attached hydrogen (secondary N) is 1. The van der Waals surface area contributed by atoms with Gasteiger partial charge in [0, 0.05) is 18.8 Å². The number of benzene rings is 1. The van der Waals surface area contributed by atoms with Crippen LogP contribution in [0.2, 0.25) is 0 Å². The molecule has 0 spiro atoms. The van der Waals surface area contributed by atoms with Crippen LogP contribution < -0.4 is 5.32 Å². The van der Waals surface area contributed by atoms with Crippen molar-refractivity contribution >= 4 is 0 Å². The monoisotopic (exact) mass is 352 g/mol. The molecule has 0 amide bonds. The number of hydrogen-bond acceptors (Lipinski definition) is 4. The zero-order valence-electron chi connectivity index (χ0n) is 14.7. The van der Waals surface area contributed by atoms with Gasteiger partial charge < -0.3 is 14.6 Å². The first-order chi connectivity index (χ1) is 12.7. The van der Waals surface area contributed by atoms with Crippen LogP contribution in [0.25, 0.3) is 11.3 Å². The molecule has 1 aromatic carbocycles.